The van der Waals surface area contributed by atoms with E-state index in [1.165, 1.54) is 27.1 Å². The van der Waals surface area contributed by atoms with Crippen LogP contribution in [0.3, 0.4) is 0 Å². The maximum atomic E-state index is 6.39. The van der Waals surface area contributed by atoms with Crippen LogP contribution in [0.5, 0.6) is 11.5 Å². The molecule has 3 nitrogen and oxygen atoms in total. The topological polar surface area (TPSA) is 27.1 Å². The SMILES string of the molecule is c1ccc(-c2cc(-c3ccccc3)nc(-n3c4ccccc4c4cc(-c5ccc6c(c5)-c5cccc7cccc(c57)O6)ccc43)c2)cc1. The molecular weight excluding hydrogens is 585 g/mol. The van der Waals surface area contributed by atoms with Crippen molar-refractivity contribution >= 4 is 32.6 Å². The fourth-order valence-electron chi connectivity index (χ4n) is 7.33. The predicted octanol–water partition coefficient (Wildman–Crippen LogP) is 12.1. The van der Waals surface area contributed by atoms with Crippen molar-refractivity contribution in [3.63, 3.8) is 0 Å². The highest BCUT2D eigenvalue weighted by molar-refractivity contribution is 6.11. The molecule has 9 aromatic rings. The monoisotopic (exact) mass is 612 g/mol. The van der Waals surface area contributed by atoms with Crippen LogP contribution in [0.2, 0.25) is 0 Å². The summed E-state index contributed by atoms with van der Waals surface area (Å²) < 4.78 is 8.70. The van der Waals surface area contributed by atoms with E-state index in [9.17, 15) is 0 Å². The second kappa shape index (κ2) is 10.5. The van der Waals surface area contributed by atoms with E-state index >= 15 is 0 Å². The highest BCUT2D eigenvalue weighted by atomic mass is 16.5. The molecule has 0 N–H and O–H groups in total. The zero-order valence-corrected chi connectivity index (χ0v) is 26.0. The van der Waals surface area contributed by atoms with Crippen LogP contribution in [0.1, 0.15) is 0 Å². The Bertz CT molecular complexity index is 2630. The van der Waals surface area contributed by atoms with Gasteiger partial charge in [-0.2, -0.15) is 0 Å². The molecule has 0 aliphatic carbocycles. The first-order chi connectivity index (χ1) is 23.8. The highest BCUT2D eigenvalue weighted by Gasteiger charge is 2.21. The standard InChI is InChI=1S/C45H28N2O/c1-3-11-29(12-4-1)34-27-39(30-13-5-2-6-14-30)46-44(28-34)47-40-19-8-7-17-35(40)37-25-32(21-23-41(37)47)33-22-24-42-38(26-33)36-18-9-15-31-16-10-20-43(48-42)45(31)36/h1-28H. The van der Waals surface area contributed by atoms with Gasteiger partial charge in [-0.05, 0) is 81.7 Å². The molecule has 1 aliphatic rings. The predicted molar refractivity (Wildman–Crippen MR) is 198 cm³/mol. The second-order valence-corrected chi connectivity index (χ2v) is 12.4. The minimum Gasteiger partial charge on any atom is -0.456 e. The van der Waals surface area contributed by atoms with Gasteiger partial charge in [0.1, 0.15) is 17.3 Å². The van der Waals surface area contributed by atoms with Gasteiger partial charge in [-0.3, -0.25) is 4.57 Å². The van der Waals surface area contributed by atoms with Gasteiger partial charge in [0.15, 0.2) is 0 Å². The van der Waals surface area contributed by atoms with E-state index in [1.54, 1.807) is 0 Å². The van der Waals surface area contributed by atoms with E-state index in [0.717, 1.165) is 67.4 Å². The lowest BCUT2D eigenvalue weighted by Crippen LogP contribution is -2.00. The zero-order valence-electron chi connectivity index (χ0n) is 26.0. The van der Waals surface area contributed by atoms with Crippen LogP contribution in [0, 0.1) is 0 Å². The molecule has 1 aliphatic heterocycles. The first-order valence-corrected chi connectivity index (χ1v) is 16.3. The van der Waals surface area contributed by atoms with Gasteiger partial charge in [0, 0.05) is 27.3 Å². The molecule has 0 atom stereocenters. The van der Waals surface area contributed by atoms with Gasteiger partial charge in [0.25, 0.3) is 0 Å². The molecule has 3 heteroatoms. The number of nitrogens with zero attached hydrogens (tertiary/aromatic N) is 2. The normalized spacial score (nSPS) is 11.9. The third-order valence-electron chi connectivity index (χ3n) is 9.58. The summed E-state index contributed by atoms with van der Waals surface area (Å²) in [5.41, 5.74) is 11.2. The number of fused-ring (bicyclic) bond motifs is 5. The molecule has 0 amide bonds. The number of aromatic nitrogens is 2. The van der Waals surface area contributed by atoms with Crippen molar-refractivity contribution in [1.82, 2.24) is 9.55 Å². The molecule has 10 rings (SSSR count). The van der Waals surface area contributed by atoms with Crippen LogP contribution in [0.4, 0.5) is 0 Å². The van der Waals surface area contributed by atoms with E-state index in [1.807, 2.05) is 6.07 Å². The van der Waals surface area contributed by atoms with Gasteiger partial charge in [0.2, 0.25) is 0 Å². The highest BCUT2D eigenvalue weighted by Crippen LogP contribution is 2.47. The Morgan fingerprint density at radius 3 is 1.98 bits per heavy atom. The van der Waals surface area contributed by atoms with Crippen molar-refractivity contribution in [3.8, 4) is 62.0 Å². The molecule has 0 saturated carbocycles. The summed E-state index contributed by atoms with van der Waals surface area (Å²) in [6.07, 6.45) is 0. The summed E-state index contributed by atoms with van der Waals surface area (Å²) in [7, 11) is 0. The molecule has 0 radical (unpaired) electrons. The summed E-state index contributed by atoms with van der Waals surface area (Å²) in [4.78, 5) is 5.29. The summed E-state index contributed by atoms with van der Waals surface area (Å²) in [5, 5.41) is 4.75. The molecule has 7 aromatic carbocycles. The van der Waals surface area contributed by atoms with Crippen molar-refractivity contribution in [1.29, 1.82) is 0 Å². The maximum Gasteiger partial charge on any atom is 0.138 e. The van der Waals surface area contributed by atoms with Crippen LogP contribution in [0.15, 0.2) is 170 Å². The third-order valence-corrected chi connectivity index (χ3v) is 9.58. The van der Waals surface area contributed by atoms with Gasteiger partial charge in [0.05, 0.1) is 16.7 Å². The number of para-hydroxylation sites is 1. The number of rotatable bonds is 4. The van der Waals surface area contributed by atoms with Crippen molar-refractivity contribution in [2.24, 2.45) is 0 Å². The smallest absolute Gasteiger partial charge is 0.138 e. The lowest BCUT2D eigenvalue weighted by atomic mass is 9.92. The van der Waals surface area contributed by atoms with Crippen molar-refractivity contribution < 1.29 is 4.74 Å². The summed E-state index contributed by atoms with van der Waals surface area (Å²) in [6, 6.07) is 60.2. The van der Waals surface area contributed by atoms with E-state index in [2.05, 4.69) is 168 Å². The number of pyridine rings is 1. The van der Waals surface area contributed by atoms with Gasteiger partial charge < -0.3 is 4.74 Å². The summed E-state index contributed by atoms with van der Waals surface area (Å²) in [5.74, 6) is 2.70. The Hall–Kier alpha value is -6.45. The Morgan fingerprint density at radius 1 is 0.417 bits per heavy atom. The van der Waals surface area contributed by atoms with Gasteiger partial charge >= 0.3 is 0 Å². The Labute approximate surface area is 278 Å². The first-order valence-electron chi connectivity index (χ1n) is 16.3. The molecule has 0 unspecified atom stereocenters. The molecule has 0 bridgehead atoms. The van der Waals surface area contributed by atoms with E-state index in [0.29, 0.717) is 0 Å². The van der Waals surface area contributed by atoms with Crippen LogP contribution < -0.4 is 4.74 Å². The van der Waals surface area contributed by atoms with Crippen LogP contribution in [-0.4, -0.2) is 9.55 Å². The van der Waals surface area contributed by atoms with Gasteiger partial charge in [-0.15, -0.1) is 0 Å². The molecular formula is C45H28N2O. The minimum atomic E-state index is 0.890. The van der Waals surface area contributed by atoms with Crippen LogP contribution in [0.25, 0.3) is 83.0 Å². The third kappa shape index (κ3) is 4.18. The fraction of sp³-hybridized carbons (Fsp3) is 0. The van der Waals surface area contributed by atoms with Crippen molar-refractivity contribution in [2.45, 2.75) is 0 Å². The first kappa shape index (κ1) is 26.7. The average Bonchev–Trinajstić information content (AvgIpc) is 3.49. The minimum absolute atomic E-state index is 0.890. The molecule has 0 spiro atoms. The fourth-order valence-corrected chi connectivity index (χ4v) is 7.33. The quantitative estimate of drug-likeness (QED) is 0.198. The van der Waals surface area contributed by atoms with Crippen LogP contribution >= 0.6 is 0 Å². The number of hydrogen-bond donors (Lipinski definition) is 0. The summed E-state index contributed by atoms with van der Waals surface area (Å²) >= 11 is 0. The zero-order chi connectivity index (χ0) is 31.6. The Morgan fingerprint density at radius 2 is 1.12 bits per heavy atom. The lowest BCUT2D eigenvalue weighted by Gasteiger charge is -2.22. The number of ether oxygens (including phenoxy) is 1. The van der Waals surface area contributed by atoms with E-state index < -0.39 is 0 Å². The molecule has 224 valence electrons. The molecule has 2 aromatic heterocycles. The van der Waals surface area contributed by atoms with Crippen molar-refractivity contribution in [3.05, 3.63) is 170 Å². The average molecular weight is 613 g/mol. The van der Waals surface area contributed by atoms with E-state index in [4.69, 9.17) is 9.72 Å². The second-order valence-electron chi connectivity index (χ2n) is 12.4. The summed E-state index contributed by atoms with van der Waals surface area (Å²) in [6.45, 7) is 0. The molecule has 3 heterocycles. The van der Waals surface area contributed by atoms with Gasteiger partial charge in [-0.25, -0.2) is 4.98 Å². The van der Waals surface area contributed by atoms with Crippen molar-refractivity contribution in [2.75, 3.05) is 0 Å². The van der Waals surface area contributed by atoms with Crippen LogP contribution in [-0.2, 0) is 0 Å². The molecule has 0 fully saturated rings. The maximum absolute atomic E-state index is 6.39. The Kier molecular flexibility index (Phi) is 5.87. The number of benzene rings is 7. The molecule has 48 heavy (non-hydrogen) atoms. The largest absolute Gasteiger partial charge is 0.456 e. The Balaban J connectivity index is 1.16. The van der Waals surface area contributed by atoms with E-state index in [-0.39, 0.29) is 0 Å². The number of hydrogen-bond acceptors (Lipinski definition) is 2. The lowest BCUT2D eigenvalue weighted by molar-refractivity contribution is 0.487. The molecule has 0 saturated heterocycles. The van der Waals surface area contributed by atoms with Gasteiger partial charge in [-0.1, -0.05) is 121 Å².